The number of methoxy groups -OCH3 is 1. The SMILES string of the molecule is COc1ccc(NC(=O)C(C)C(C)N)cc1S(=O)(=O)N1CCOCC1.Cl. The Balaban J connectivity index is 0.00000338. The van der Waals surface area contributed by atoms with E-state index in [-0.39, 0.29) is 48.1 Å². The van der Waals surface area contributed by atoms with Gasteiger partial charge in [-0.3, -0.25) is 4.79 Å². The van der Waals surface area contributed by atoms with Gasteiger partial charge in [-0.15, -0.1) is 12.4 Å². The van der Waals surface area contributed by atoms with E-state index in [1.54, 1.807) is 19.9 Å². The molecule has 2 atom stereocenters. The first-order chi connectivity index (χ1) is 11.8. The number of morpholine rings is 1. The fourth-order valence-electron chi connectivity index (χ4n) is 2.38. The van der Waals surface area contributed by atoms with Crippen LogP contribution in [0, 0.1) is 5.92 Å². The molecule has 148 valence electrons. The number of hydrogen-bond acceptors (Lipinski definition) is 6. The number of nitrogens with two attached hydrogens (primary N) is 1. The summed E-state index contributed by atoms with van der Waals surface area (Å²) in [6, 6.07) is 4.23. The van der Waals surface area contributed by atoms with Crippen LogP contribution in [0.4, 0.5) is 5.69 Å². The van der Waals surface area contributed by atoms with E-state index < -0.39 is 15.9 Å². The smallest absolute Gasteiger partial charge is 0.246 e. The number of nitrogens with one attached hydrogen (secondary N) is 1. The zero-order valence-corrected chi connectivity index (χ0v) is 16.7. The first-order valence-corrected chi connectivity index (χ1v) is 9.53. The van der Waals surface area contributed by atoms with Crippen LogP contribution < -0.4 is 15.8 Å². The summed E-state index contributed by atoms with van der Waals surface area (Å²) in [4.78, 5) is 12.2. The largest absolute Gasteiger partial charge is 0.495 e. The van der Waals surface area contributed by atoms with Gasteiger partial charge in [0.25, 0.3) is 0 Å². The van der Waals surface area contributed by atoms with Crippen LogP contribution in [0.25, 0.3) is 0 Å². The molecule has 2 rings (SSSR count). The van der Waals surface area contributed by atoms with Gasteiger partial charge in [-0.25, -0.2) is 8.42 Å². The minimum absolute atomic E-state index is 0. The van der Waals surface area contributed by atoms with Crippen LogP contribution in [-0.2, 0) is 19.6 Å². The third-order valence-corrected chi connectivity index (χ3v) is 6.14. The number of carbonyl (C=O) groups is 1. The van der Waals surface area contributed by atoms with Crippen molar-refractivity contribution in [3.8, 4) is 5.75 Å². The van der Waals surface area contributed by atoms with Gasteiger partial charge < -0.3 is 20.5 Å². The second-order valence-corrected chi connectivity index (χ2v) is 7.93. The van der Waals surface area contributed by atoms with E-state index in [0.29, 0.717) is 18.9 Å². The number of hydrogen-bond donors (Lipinski definition) is 2. The zero-order valence-electron chi connectivity index (χ0n) is 15.1. The molecule has 0 bridgehead atoms. The Labute approximate surface area is 160 Å². The van der Waals surface area contributed by atoms with E-state index in [4.69, 9.17) is 15.2 Å². The van der Waals surface area contributed by atoms with E-state index in [9.17, 15) is 13.2 Å². The van der Waals surface area contributed by atoms with Gasteiger partial charge in [0, 0.05) is 24.8 Å². The van der Waals surface area contributed by atoms with Gasteiger partial charge in [0.2, 0.25) is 15.9 Å². The average molecular weight is 408 g/mol. The van der Waals surface area contributed by atoms with Crippen molar-refractivity contribution in [3.05, 3.63) is 18.2 Å². The highest BCUT2D eigenvalue weighted by Crippen LogP contribution is 2.30. The van der Waals surface area contributed by atoms with Crippen LogP contribution in [0.5, 0.6) is 5.75 Å². The van der Waals surface area contributed by atoms with Gasteiger partial charge in [-0.2, -0.15) is 4.31 Å². The molecule has 0 aliphatic carbocycles. The summed E-state index contributed by atoms with van der Waals surface area (Å²) in [5, 5.41) is 2.71. The van der Waals surface area contributed by atoms with Crippen LogP contribution in [0.2, 0.25) is 0 Å². The lowest BCUT2D eigenvalue weighted by Crippen LogP contribution is -2.40. The lowest BCUT2D eigenvalue weighted by Gasteiger charge is -2.27. The highest BCUT2D eigenvalue weighted by atomic mass is 35.5. The number of rotatable bonds is 6. The lowest BCUT2D eigenvalue weighted by atomic mass is 10.0. The van der Waals surface area contributed by atoms with Gasteiger partial charge in [-0.05, 0) is 25.1 Å². The summed E-state index contributed by atoms with van der Waals surface area (Å²) in [7, 11) is -2.34. The third-order valence-electron chi connectivity index (χ3n) is 4.22. The minimum Gasteiger partial charge on any atom is -0.495 e. The van der Waals surface area contributed by atoms with Crippen LogP contribution in [0.3, 0.4) is 0 Å². The Bertz CT molecular complexity index is 721. The van der Waals surface area contributed by atoms with Crippen LogP contribution in [0.1, 0.15) is 13.8 Å². The predicted molar refractivity (Wildman–Crippen MR) is 101 cm³/mol. The van der Waals surface area contributed by atoms with Gasteiger partial charge >= 0.3 is 0 Å². The zero-order chi connectivity index (χ0) is 18.6. The molecule has 0 saturated carbocycles. The number of carbonyl (C=O) groups excluding carboxylic acids is 1. The second kappa shape index (κ2) is 9.52. The first kappa shape index (κ1) is 22.7. The third kappa shape index (κ3) is 5.08. The molecule has 1 aromatic rings. The lowest BCUT2D eigenvalue weighted by molar-refractivity contribution is -0.119. The average Bonchev–Trinajstić information content (AvgIpc) is 2.61. The second-order valence-electron chi connectivity index (χ2n) is 6.02. The Kier molecular flexibility index (Phi) is 8.29. The van der Waals surface area contributed by atoms with Gasteiger partial charge in [0.05, 0.1) is 26.2 Å². The van der Waals surface area contributed by atoms with E-state index in [0.717, 1.165) is 0 Å². The van der Waals surface area contributed by atoms with E-state index in [2.05, 4.69) is 5.32 Å². The molecule has 1 fully saturated rings. The van der Waals surface area contributed by atoms with Crippen LogP contribution in [0.15, 0.2) is 23.1 Å². The fourth-order valence-corrected chi connectivity index (χ4v) is 3.97. The molecule has 0 aromatic heterocycles. The van der Waals surface area contributed by atoms with Gasteiger partial charge in [0.15, 0.2) is 0 Å². The maximum absolute atomic E-state index is 12.9. The molecule has 3 N–H and O–H groups in total. The number of nitrogens with zero attached hydrogens (tertiary/aromatic N) is 1. The van der Waals surface area contributed by atoms with E-state index in [1.807, 2.05) is 0 Å². The maximum Gasteiger partial charge on any atom is 0.246 e. The summed E-state index contributed by atoms with van der Waals surface area (Å²) < 4.78 is 37.6. The van der Waals surface area contributed by atoms with Crippen molar-refractivity contribution in [1.29, 1.82) is 0 Å². The quantitative estimate of drug-likeness (QED) is 0.729. The molecule has 1 aliphatic heterocycles. The summed E-state index contributed by atoms with van der Waals surface area (Å²) in [5.41, 5.74) is 6.12. The molecule has 8 nitrogen and oxygen atoms in total. The van der Waals surface area contributed by atoms with Crippen molar-refractivity contribution in [2.75, 3.05) is 38.7 Å². The molecule has 1 saturated heterocycles. The van der Waals surface area contributed by atoms with Crippen molar-refractivity contribution in [2.45, 2.75) is 24.8 Å². The molecule has 2 unspecified atom stereocenters. The summed E-state index contributed by atoms with van der Waals surface area (Å²) in [6.07, 6.45) is 0. The van der Waals surface area contributed by atoms with Crippen molar-refractivity contribution < 1.29 is 22.7 Å². The van der Waals surface area contributed by atoms with Crippen molar-refractivity contribution in [1.82, 2.24) is 4.31 Å². The molecule has 1 aromatic carbocycles. The number of halogens is 1. The monoisotopic (exact) mass is 407 g/mol. The van der Waals surface area contributed by atoms with E-state index in [1.165, 1.54) is 23.5 Å². The van der Waals surface area contributed by atoms with E-state index >= 15 is 0 Å². The molecule has 1 heterocycles. The predicted octanol–water partition coefficient (Wildman–Crippen LogP) is 1.06. The van der Waals surface area contributed by atoms with Crippen molar-refractivity contribution in [3.63, 3.8) is 0 Å². The molecular weight excluding hydrogens is 382 g/mol. The number of anilines is 1. The standard InChI is InChI=1S/C16H25N3O5S.ClH/c1-11(12(2)17)16(20)18-13-4-5-14(23-3)15(10-13)25(21,22)19-6-8-24-9-7-19;/h4-5,10-12H,6-9,17H2,1-3H3,(H,18,20);1H. The number of sulfonamides is 1. The van der Waals surface area contributed by atoms with Crippen molar-refractivity contribution in [2.24, 2.45) is 11.7 Å². The summed E-state index contributed by atoms with van der Waals surface area (Å²) in [5.74, 6) is -0.443. The Hall–Kier alpha value is -1.39. The number of amides is 1. The topological polar surface area (TPSA) is 111 Å². The maximum atomic E-state index is 12.9. The van der Waals surface area contributed by atoms with Gasteiger partial charge in [-0.1, -0.05) is 6.92 Å². The highest BCUT2D eigenvalue weighted by Gasteiger charge is 2.30. The fraction of sp³-hybridized carbons (Fsp3) is 0.562. The van der Waals surface area contributed by atoms with Crippen LogP contribution >= 0.6 is 12.4 Å². The molecule has 10 heteroatoms. The summed E-state index contributed by atoms with van der Waals surface area (Å²) >= 11 is 0. The normalized spacial score (nSPS) is 17.7. The van der Waals surface area contributed by atoms with Crippen molar-refractivity contribution >= 4 is 34.0 Å². The number of benzene rings is 1. The molecule has 1 aliphatic rings. The minimum atomic E-state index is -3.75. The Morgan fingerprint density at radius 2 is 1.92 bits per heavy atom. The summed E-state index contributed by atoms with van der Waals surface area (Å²) in [6.45, 7) is 4.73. The molecule has 0 radical (unpaired) electrons. The van der Waals surface area contributed by atoms with Crippen LogP contribution in [-0.4, -0.2) is 58.1 Å². The number of ether oxygens (including phenoxy) is 2. The Morgan fingerprint density at radius 1 is 1.31 bits per heavy atom. The molecular formula is C16H26ClN3O5S. The molecule has 26 heavy (non-hydrogen) atoms. The molecule has 0 spiro atoms. The Morgan fingerprint density at radius 3 is 2.46 bits per heavy atom. The van der Waals surface area contributed by atoms with Gasteiger partial charge in [0.1, 0.15) is 10.6 Å². The molecule has 1 amide bonds. The first-order valence-electron chi connectivity index (χ1n) is 8.09. The highest BCUT2D eigenvalue weighted by molar-refractivity contribution is 7.89.